The Balaban J connectivity index is 2.68. The second-order valence-electron chi connectivity index (χ2n) is 3.59. The average molecular weight is 276 g/mol. The molecule has 17 heavy (non-hydrogen) atoms. The summed E-state index contributed by atoms with van der Waals surface area (Å²) in [6.07, 6.45) is 0.964. The van der Waals surface area contributed by atoms with Crippen molar-refractivity contribution < 1.29 is 9.53 Å². The van der Waals surface area contributed by atoms with Crippen molar-refractivity contribution in [2.45, 2.75) is 13.3 Å². The molecular weight excluding hydrogens is 258 g/mol. The summed E-state index contributed by atoms with van der Waals surface area (Å²) >= 11 is 7.26. The summed E-state index contributed by atoms with van der Waals surface area (Å²) in [7, 11) is 1.63. The second kappa shape index (κ2) is 7.69. The van der Waals surface area contributed by atoms with Gasteiger partial charge in [0, 0.05) is 31.0 Å². The molecule has 1 aromatic rings. The fourth-order valence-electron chi connectivity index (χ4n) is 1.46. The predicted octanol–water partition coefficient (Wildman–Crippen LogP) is 2.64. The summed E-state index contributed by atoms with van der Waals surface area (Å²) in [5, 5.41) is 0. The molecule has 0 saturated carbocycles. The van der Waals surface area contributed by atoms with Gasteiger partial charge in [0.05, 0.1) is 11.5 Å². The van der Waals surface area contributed by atoms with Crippen molar-refractivity contribution in [3.05, 3.63) is 21.9 Å². The molecule has 96 valence electrons. The van der Waals surface area contributed by atoms with Gasteiger partial charge in [0.25, 0.3) is 5.91 Å². The molecule has 0 saturated heterocycles. The minimum atomic E-state index is 0.0485. The van der Waals surface area contributed by atoms with Gasteiger partial charge in [0.2, 0.25) is 0 Å². The van der Waals surface area contributed by atoms with Crippen LogP contribution in [0.1, 0.15) is 21.5 Å². The lowest BCUT2D eigenvalue weighted by atomic mass is 10.3. The van der Waals surface area contributed by atoms with Crippen LogP contribution in [0, 0.1) is 0 Å². The van der Waals surface area contributed by atoms with Gasteiger partial charge in [0.1, 0.15) is 0 Å². The molecule has 5 heteroatoms. The summed E-state index contributed by atoms with van der Waals surface area (Å²) in [4.78, 5) is 15.9. The van der Waals surface area contributed by atoms with E-state index in [1.807, 2.05) is 12.1 Å². The number of aryl methyl sites for hydroxylation is 1. The first-order valence-electron chi connectivity index (χ1n) is 5.65. The van der Waals surface area contributed by atoms with Crippen LogP contribution in [0.2, 0.25) is 0 Å². The van der Waals surface area contributed by atoms with E-state index >= 15 is 0 Å². The Morgan fingerprint density at radius 2 is 2.24 bits per heavy atom. The van der Waals surface area contributed by atoms with Crippen LogP contribution in [0.25, 0.3) is 0 Å². The van der Waals surface area contributed by atoms with E-state index < -0.39 is 0 Å². The summed E-state index contributed by atoms with van der Waals surface area (Å²) in [6.45, 7) is 3.76. The molecule has 0 N–H and O–H groups in total. The normalized spacial score (nSPS) is 10.5. The molecule has 0 aliphatic heterocycles. The predicted molar refractivity (Wildman–Crippen MR) is 72.2 cm³/mol. The number of thiophene rings is 1. The van der Waals surface area contributed by atoms with Gasteiger partial charge >= 0.3 is 0 Å². The molecule has 0 spiro atoms. The molecule has 0 atom stereocenters. The zero-order valence-electron chi connectivity index (χ0n) is 10.2. The van der Waals surface area contributed by atoms with Crippen LogP contribution in [0.5, 0.6) is 0 Å². The summed E-state index contributed by atoms with van der Waals surface area (Å²) in [5.74, 6) is 0.494. The first-order valence-corrected chi connectivity index (χ1v) is 7.00. The number of hydrogen-bond donors (Lipinski definition) is 0. The average Bonchev–Trinajstić information content (AvgIpc) is 2.82. The van der Waals surface area contributed by atoms with Gasteiger partial charge < -0.3 is 9.64 Å². The Morgan fingerprint density at radius 1 is 1.47 bits per heavy atom. The third-order valence-corrected chi connectivity index (χ3v) is 3.81. The molecule has 3 nitrogen and oxygen atoms in total. The molecule has 0 unspecified atom stereocenters. The SMILES string of the molecule is CCc1ccc(C(=O)N(CCCl)CCOC)s1. The number of methoxy groups -OCH3 is 1. The highest BCUT2D eigenvalue weighted by Crippen LogP contribution is 2.18. The Morgan fingerprint density at radius 3 is 2.76 bits per heavy atom. The topological polar surface area (TPSA) is 29.5 Å². The Hall–Kier alpha value is -0.580. The summed E-state index contributed by atoms with van der Waals surface area (Å²) < 4.78 is 5.00. The number of ether oxygens (including phenoxy) is 1. The fraction of sp³-hybridized carbons (Fsp3) is 0.583. The summed E-state index contributed by atoms with van der Waals surface area (Å²) in [5.41, 5.74) is 0. The number of carbonyl (C=O) groups is 1. The second-order valence-corrected chi connectivity index (χ2v) is 5.14. The quantitative estimate of drug-likeness (QED) is 0.716. The van der Waals surface area contributed by atoms with Gasteiger partial charge in [-0.15, -0.1) is 22.9 Å². The zero-order valence-corrected chi connectivity index (χ0v) is 11.8. The minimum Gasteiger partial charge on any atom is -0.383 e. The van der Waals surface area contributed by atoms with E-state index in [0.29, 0.717) is 25.6 Å². The standard InChI is InChI=1S/C12H18ClNO2S/c1-3-10-4-5-11(17-10)12(15)14(7-6-13)8-9-16-2/h4-5H,3,6-9H2,1-2H3. The van der Waals surface area contributed by atoms with Gasteiger partial charge in [-0.05, 0) is 18.6 Å². The van der Waals surface area contributed by atoms with Crippen molar-refractivity contribution in [3.8, 4) is 0 Å². The van der Waals surface area contributed by atoms with Crippen molar-refractivity contribution in [1.82, 2.24) is 4.90 Å². The highest BCUT2D eigenvalue weighted by molar-refractivity contribution is 7.14. The lowest BCUT2D eigenvalue weighted by Crippen LogP contribution is -2.35. The number of hydrogen-bond acceptors (Lipinski definition) is 3. The van der Waals surface area contributed by atoms with Crippen LogP contribution in [-0.4, -0.2) is 43.5 Å². The first-order chi connectivity index (χ1) is 8.22. The Labute approximate surface area is 111 Å². The minimum absolute atomic E-state index is 0.0485. The molecule has 1 aromatic heterocycles. The molecule has 1 amide bonds. The number of alkyl halides is 1. The van der Waals surface area contributed by atoms with E-state index in [-0.39, 0.29) is 5.91 Å². The zero-order chi connectivity index (χ0) is 12.7. The van der Waals surface area contributed by atoms with Crippen molar-refractivity contribution in [1.29, 1.82) is 0 Å². The van der Waals surface area contributed by atoms with Crippen LogP contribution < -0.4 is 0 Å². The van der Waals surface area contributed by atoms with Crippen LogP contribution in [0.4, 0.5) is 0 Å². The molecule has 1 rings (SSSR count). The number of halogens is 1. The molecule has 0 aromatic carbocycles. The fourth-order valence-corrected chi connectivity index (χ4v) is 2.58. The molecule has 0 bridgehead atoms. The van der Waals surface area contributed by atoms with Crippen molar-refractivity contribution >= 4 is 28.8 Å². The first kappa shape index (κ1) is 14.5. The van der Waals surface area contributed by atoms with Crippen molar-refractivity contribution in [3.63, 3.8) is 0 Å². The maximum Gasteiger partial charge on any atom is 0.264 e. The largest absolute Gasteiger partial charge is 0.383 e. The maximum absolute atomic E-state index is 12.2. The van der Waals surface area contributed by atoms with E-state index in [0.717, 1.165) is 11.3 Å². The Kier molecular flexibility index (Phi) is 6.55. The molecule has 0 aliphatic rings. The van der Waals surface area contributed by atoms with E-state index in [1.54, 1.807) is 23.3 Å². The summed E-state index contributed by atoms with van der Waals surface area (Å²) in [6, 6.07) is 3.90. The van der Waals surface area contributed by atoms with Gasteiger partial charge in [-0.3, -0.25) is 4.79 Å². The van der Waals surface area contributed by atoms with Crippen LogP contribution in [0.3, 0.4) is 0 Å². The van der Waals surface area contributed by atoms with Crippen molar-refractivity contribution in [2.24, 2.45) is 0 Å². The van der Waals surface area contributed by atoms with E-state index in [9.17, 15) is 4.79 Å². The highest BCUT2D eigenvalue weighted by atomic mass is 35.5. The molecular formula is C12H18ClNO2S. The van der Waals surface area contributed by atoms with E-state index in [1.165, 1.54) is 4.88 Å². The van der Waals surface area contributed by atoms with Gasteiger partial charge in [-0.25, -0.2) is 0 Å². The lowest BCUT2D eigenvalue weighted by Gasteiger charge is -2.20. The van der Waals surface area contributed by atoms with Gasteiger partial charge in [0.15, 0.2) is 0 Å². The highest BCUT2D eigenvalue weighted by Gasteiger charge is 2.16. The number of nitrogens with zero attached hydrogens (tertiary/aromatic N) is 1. The van der Waals surface area contributed by atoms with E-state index in [4.69, 9.17) is 16.3 Å². The molecule has 0 fully saturated rings. The molecule has 0 aliphatic carbocycles. The number of rotatable bonds is 7. The third-order valence-electron chi connectivity index (χ3n) is 2.43. The number of carbonyl (C=O) groups excluding carboxylic acids is 1. The van der Waals surface area contributed by atoms with Crippen molar-refractivity contribution in [2.75, 3.05) is 32.7 Å². The van der Waals surface area contributed by atoms with Crippen LogP contribution in [0.15, 0.2) is 12.1 Å². The number of amides is 1. The van der Waals surface area contributed by atoms with Crippen LogP contribution in [-0.2, 0) is 11.2 Å². The Bertz CT molecular complexity index is 354. The molecule has 0 radical (unpaired) electrons. The monoisotopic (exact) mass is 275 g/mol. The maximum atomic E-state index is 12.2. The molecule has 1 heterocycles. The lowest BCUT2D eigenvalue weighted by molar-refractivity contribution is 0.0712. The van der Waals surface area contributed by atoms with Gasteiger partial charge in [-0.2, -0.15) is 0 Å². The van der Waals surface area contributed by atoms with Gasteiger partial charge in [-0.1, -0.05) is 6.92 Å². The smallest absolute Gasteiger partial charge is 0.264 e. The third kappa shape index (κ3) is 4.30. The van der Waals surface area contributed by atoms with E-state index in [2.05, 4.69) is 6.92 Å². The van der Waals surface area contributed by atoms with Crippen LogP contribution >= 0.6 is 22.9 Å².